The number of halogens is 1. The van der Waals surface area contributed by atoms with Crippen LogP contribution in [0.25, 0.3) is 0 Å². The molecule has 140 valence electrons. The summed E-state index contributed by atoms with van der Waals surface area (Å²) in [6, 6.07) is 5.74. The fraction of sp³-hybridized carbons (Fsp3) is 0.526. The van der Waals surface area contributed by atoms with Gasteiger partial charge < -0.3 is 15.3 Å². The average Bonchev–Trinajstić information content (AvgIpc) is 2.57. The summed E-state index contributed by atoms with van der Waals surface area (Å²) in [5.41, 5.74) is -0.468. The standard InChI is InChI=1S/C19H23FN2O4/c20-14-3-1-4-15(11-14)21-17(24)13-5-9-22(10-6-13)16(23)12-19(18(25)26)7-2-8-19/h1,3-4,11,13H,2,5-10,12H2,(H,21,24)(H,25,26). The van der Waals surface area contributed by atoms with Gasteiger partial charge in [0.25, 0.3) is 0 Å². The fourth-order valence-corrected chi connectivity index (χ4v) is 3.67. The molecule has 2 aliphatic rings. The highest BCUT2D eigenvalue weighted by Gasteiger charge is 2.46. The van der Waals surface area contributed by atoms with E-state index < -0.39 is 17.2 Å². The number of carbonyl (C=O) groups excluding carboxylic acids is 2. The predicted molar refractivity (Wildman–Crippen MR) is 92.9 cm³/mol. The minimum Gasteiger partial charge on any atom is -0.481 e. The predicted octanol–water partition coefficient (Wildman–Crippen LogP) is 2.65. The molecular weight excluding hydrogens is 339 g/mol. The van der Waals surface area contributed by atoms with Gasteiger partial charge in [-0.25, -0.2) is 4.39 Å². The number of nitrogens with one attached hydrogen (secondary N) is 1. The lowest BCUT2D eigenvalue weighted by molar-refractivity contribution is -0.159. The van der Waals surface area contributed by atoms with E-state index in [4.69, 9.17) is 0 Å². The molecule has 0 spiro atoms. The van der Waals surface area contributed by atoms with E-state index in [0.717, 1.165) is 6.42 Å². The molecule has 1 aliphatic carbocycles. The number of likely N-dealkylation sites (tertiary alicyclic amines) is 1. The Labute approximate surface area is 151 Å². The van der Waals surface area contributed by atoms with Crippen molar-refractivity contribution in [1.82, 2.24) is 4.90 Å². The minimum absolute atomic E-state index is 0.0441. The maximum Gasteiger partial charge on any atom is 0.310 e. The zero-order valence-corrected chi connectivity index (χ0v) is 14.5. The van der Waals surface area contributed by atoms with E-state index >= 15 is 0 Å². The van der Waals surface area contributed by atoms with Crippen LogP contribution in [0.3, 0.4) is 0 Å². The number of piperidine rings is 1. The average molecular weight is 362 g/mol. The van der Waals surface area contributed by atoms with E-state index in [2.05, 4.69) is 5.32 Å². The Kier molecular flexibility index (Phi) is 5.25. The normalized spacial score (nSPS) is 19.5. The Hall–Kier alpha value is -2.44. The van der Waals surface area contributed by atoms with Crippen molar-refractivity contribution in [1.29, 1.82) is 0 Å². The molecule has 7 heteroatoms. The minimum atomic E-state index is -0.888. The molecule has 0 bridgehead atoms. The maximum absolute atomic E-state index is 13.2. The molecular formula is C19H23FN2O4. The van der Waals surface area contributed by atoms with Crippen molar-refractivity contribution in [3.05, 3.63) is 30.1 Å². The maximum atomic E-state index is 13.2. The molecule has 0 unspecified atom stereocenters. The topological polar surface area (TPSA) is 86.7 Å². The van der Waals surface area contributed by atoms with E-state index in [9.17, 15) is 23.9 Å². The first-order valence-corrected chi connectivity index (χ1v) is 8.97. The second-order valence-corrected chi connectivity index (χ2v) is 7.27. The quantitative estimate of drug-likeness (QED) is 0.843. The van der Waals surface area contributed by atoms with Crippen molar-refractivity contribution in [2.24, 2.45) is 11.3 Å². The van der Waals surface area contributed by atoms with E-state index in [1.165, 1.54) is 18.2 Å². The highest BCUT2D eigenvalue weighted by molar-refractivity contribution is 5.93. The Morgan fingerprint density at radius 3 is 2.46 bits per heavy atom. The number of rotatable bonds is 5. The first-order chi connectivity index (χ1) is 12.4. The smallest absolute Gasteiger partial charge is 0.310 e. The van der Waals surface area contributed by atoms with E-state index in [0.29, 0.717) is 44.5 Å². The summed E-state index contributed by atoms with van der Waals surface area (Å²) in [6.07, 6.45) is 3.05. The van der Waals surface area contributed by atoms with E-state index in [1.54, 1.807) is 11.0 Å². The van der Waals surface area contributed by atoms with Gasteiger partial charge >= 0.3 is 5.97 Å². The Morgan fingerprint density at radius 1 is 1.23 bits per heavy atom. The molecule has 6 nitrogen and oxygen atoms in total. The summed E-state index contributed by atoms with van der Waals surface area (Å²) in [5, 5.41) is 12.1. The summed E-state index contributed by atoms with van der Waals surface area (Å²) in [7, 11) is 0. The molecule has 2 N–H and O–H groups in total. The number of hydrogen-bond acceptors (Lipinski definition) is 3. The molecule has 0 aromatic heterocycles. The monoisotopic (exact) mass is 362 g/mol. The number of carboxylic acid groups (broad SMARTS) is 1. The molecule has 26 heavy (non-hydrogen) atoms. The third kappa shape index (κ3) is 3.86. The lowest BCUT2D eigenvalue weighted by atomic mass is 9.66. The van der Waals surface area contributed by atoms with E-state index in [1.807, 2.05) is 0 Å². The van der Waals surface area contributed by atoms with Gasteiger partial charge in [-0.1, -0.05) is 12.5 Å². The first-order valence-electron chi connectivity index (χ1n) is 8.97. The molecule has 1 saturated carbocycles. The van der Waals surface area contributed by atoms with E-state index in [-0.39, 0.29) is 24.2 Å². The molecule has 2 amide bonds. The summed E-state index contributed by atoms with van der Waals surface area (Å²) < 4.78 is 13.2. The van der Waals surface area contributed by atoms with Crippen molar-refractivity contribution >= 4 is 23.5 Å². The molecule has 1 saturated heterocycles. The van der Waals surface area contributed by atoms with Gasteiger partial charge in [0.15, 0.2) is 0 Å². The van der Waals surface area contributed by atoms with Crippen molar-refractivity contribution in [3.8, 4) is 0 Å². The number of nitrogens with zero attached hydrogens (tertiary/aromatic N) is 1. The SMILES string of the molecule is O=C(Nc1cccc(F)c1)C1CCN(C(=O)CC2(C(=O)O)CCC2)CC1. The number of hydrogen-bond donors (Lipinski definition) is 2. The molecule has 1 aliphatic heterocycles. The van der Waals surface area contributed by atoms with Crippen LogP contribution in [0, 0.1) is 17.2 Å². The number of aliphatic carboxylic acids is 1. The first kappa shape index (κ1) is 18.4. The van der Waals surface area contributed by atoms with Gasteiger partial charge in [0.05, 0.1) is 5.41 Å². The molecule has 1 aromatic carbocycles. The van der Waals surface area contributed by atoms with Gasteiger partial charge in [-0.3, -0.25) is 14.4 Å². The van der Waals surface area contributed by atoms with Gasteiger partial charge in [0.2, 0.25) is 11.8 Å². The number of anilines is 1. The fourth-order valence-electron chi connectivity index (χ4n) is 3.67. The largest absolute Gasteiger partial charge is 0.481 e. The number of carbonyl (C=O) groups is 3. The number of carboxylic acids is 1. The zero-order chi connectivity index (χ0) is 18.7. The van der Waals surface area contributed by atoms with Gasteiger partial charge in [-0.05, 0) is 43.9 Å². The summed E-state index contributed by atoms with van der Waals surface area (Å²) in [6.45, 7) is 0.880. The highest BCUT2D eigenvalue weighted by atomic mass is 19.1. The molecule has 1 heterocycles. The lowest BCUT2D eigenvalue weighted by Gasteiger charge is -2.39. The van der Waals surface area contributed by atoms with Crippen LogP contribution in [-0.4, -0.2) is 40.9 Å². The second-order valence-electron chi connectivity index (χ2n) is 7.27. The lowest BCUT2D eigenvalue weighted by Crippen LogP contribution is -2.46. The van der Waals surface area contributed by atoms with Crippen molar-refractivity contribution in [2.75, 3.05) is 18.4 Å². The molecule has 2 fully saturated rings. The molecule has 0 radical (unpaired) electrons. The highest BCUT2D eigenvalue weighted by Crippen LogP contribution is 2.44. The Morgan fingerprint density at radius 2 is 1.92 bits per heavy atom. The van der Waals surface area contributed by atoms with Crippen LogP contribution in [0.15, 0.2) is 24.3 Å². The van der Waals surface area contributed by atoms with Gasteiger partial charge in [0, 0.05) is 31.1 Å². The summed E-state index contributed by atoms with van der Waals surface area (Å²) in [5.74, 6) is -1.85. The van der Waals surface area contributed by atoms with Gasteiger partial charge in [-0.2, -0.15) is 0 Å². The Balaban J connectivity index is 1.50. The van der Waals surface area contributed by atoms with Crippen LogP contribution in [0.5, 0.6) is 0 Å². The second kappa shape index (κ2) is 7.43. The Bertz CT molecular complexity index is 709. The summed E-state index contributed by atoms with van der Waals surface area (Å²) >= 11 is 0. The molecule has 1 aromatic rings. The molecule has 0 atom stereocenters. The zero-order valence-electron chi connectivity index (χ0n) is 14.5. The number of amides is 2. The number of benzene rings is 1. The third-order valence-corrected chi connectivity index (χ3v) is 5.56. The van der Waals surface area contributed by atoms with Crippen molar-refractivity contribution in [2.45, 2.75) is 38.5 Å². The van der Waals surface area contributed by atoms with Crippen molar-refractivity contribution in [3.63, 3.8) is 0 Å². The van der Waals surface area contributed by atoms with Crippen LogP contribution in [-0.2, 0) is 14.4 Å². The van der Waals surface area contributed by atoms with Crippen LogP contribution in [0.4, 0.5) is 10.1 Å². The molecule has 3 rings (SSSR count). The van der Waals surface area contributed by atoms with Gasteiger partial charge in [0.1, 0.15) is 5.82 Å². The van der Waals surface area contributed by atoms with Crippen LogP contribution >= 0.6 is 0 Å². The van der Waals surface area contributed by atoms with Crippen LogP contribution in [0.1, 0.15) is 38.5 Å². The van der Waals surface area contributed by atoms with Crippen molar-refractivity contribution < 1.29 is 23.9 Å². The summed E-state index contributed by atoms with van der Waals surface area (Å²) in [4.78, 5) is 37.8. The van der Waals surface area contributed by atoms with Gasteiger partial charge in [-0.15, -0.1) is 0 Å². The third-order valence-electron chi connectivity index (χ3n) is 5.56. The van der Waals surface area contributed by atoms with Crippen LogP contribution in [0.2, 0.25) is 0 Å². The van der Waals surface area contributed by atoms with Crippen LogP contribution < -0.4 is 5.32 Å².